The zero-order valence-electron chi connectivity index (χ0n) is 11.4. The van der Waals surface area contributed by atoms with Gasteiger partial charge in [0.05, 0.1) is 11.4 Å². The second-order valence-corrected chi connectivity index (χ2v) is 5.76. The van der Waals surface area contributed by atoms with Crippen molar-refractivity contribution < 1.29 is 14.7 Å². The van der Waals surface area contributed by atoms with E-state index >= 15 is 0 Å². The summed E-state index contributed by atoms with van der Waals surface area (Å²) in [5, 5.41) is 11.1. The first kappa shape index (κ1) is 15.5. The predicted molar refractivity (Wildman–Crippen MR) is 84.4 cm³/mol. The molecule has 1 heterocycles. The highest BCUT2D eigenvalue weighted by molar-refractivity contribution is 7.13. The summed E-state index contributed by atoms with van der Waals surface area (Å²) in [4.78, 5) is 25.3. The van der Waals surface area contributed by atoms with Crippen LogP contribution in [-0.2, 0) is 4.79 Å². The second kappa shape index (κ2) is 6.74. The van der Waals surface area contributed by atoms with Gasteiger partial charge in [0, 0.05) is 12.2 Å². The maximum atomic E-state index is 12.7. The number of aryl methyl sites for hydroxylation is 1. The van der Waals surface area contributed by atoms with Crippen molar-refractivity contribution in [2.24, 2.45) is 0 Å². The number of amides is 1. The predicted octanol–water partition coefficient (Wildman–Crippen LogP) is 3.83. The van der Waals surface area contributed by atoms with Crippen molar-refractivity contribution in [3.8, 4) is 0 Å². The van der Waals surface area contributed by atoms with Crippen LogP contribution in [-0.4, -0.2) is 23.5 Å². The molecule has 6 heteroatoms. The summed E-state index contributed by atoms with van der Waals surface area (Å²) in [5.74, 6) is -1.22. The lowest BCUT2D eigenvalue weighted by Gasteiger charge is -2.21. The molecular weight excluding hydrogens is 310 g/mol. The topological polar surface area (TPSA) is 57.6 Å². The van der Waals surface area contributed by atoms with Gasteiger partial charge in [-0.05, 0) is 30.0 Å². The number of carboxylic acids is 1. The summed E-state index contributed by atoms with van der Waals surface area (Å²) in [6, 6.07) is 8.99. The quantitative estimate of drug-likeness (QED) is 0.909. The molecule has 0 saturated carbocycles. The maximum Gasteiger partial charge on any atom is 0.305 e. The largest absolute Gasteiger partial charge is 0.481 e. The minimum Gasteiger partial charge on any atom is -0.481 e. The van der Waals surface area contributed by atoms with Gasteiger partial charge in [-0.15, -0.1) is 11.3 Å². The lowest BCUT2D eigenvalue weighted by molar-refractivity contribution is -0.136. The Hall–Kier alpha value is -1.85. The number of anilines is 1. The number of hydrogen-bond acceptors (Lipinski definition) is 3. The average Bonchev–Trinajstić information content (AvgIpc) is 2.80. The van der Waals surface area contributed by atoms with Crippen LogP contribution in [0.25, 0.3) is 0 Å². The van der Waals surface area contributed by atoms with Crippen molar-refractivity contribution in [2.75, 3.05) is 11.4 Å². The van der Waals surface area contributed by atoms with Crippen LogP contribution in [0.15, 0.2) is 35.7 Å². The van der Waals surface area contributed by atoms with Gasteiger partial charge in [-0.2, -0.15) is 0 Å². The number of para-hydroxylation sites is 1. The van der Waals surface area contributed by atoms with Gasteiger partial charge in [0.2, 0.25) is 0 Å². The van der Waals surface area contributed by atoms with Crippen molar-refractivity contribution in [3.63, 3.8) is 0 Å². The molecule has 0 aliphatic rings. The molecule has 0 bridgehead atoms. The van der Waals surface area contributed by atoms with Crippen molar-refractivity contribution in [2.45, 2.75) is 13.3 Å². The molecule has 2 rings (SSSR count). The fraction of sp³-hybridized carbons (Fsp3) is 0.200. The van der Waals surface area contributed by atoms with Gasteiger partial charge in [0.25, 0.3) is 5.91 Å². The van der Waals surface area contributed by atoms with Crippen LogP contribution < -0.4 is 4.90 Å². The average molecular weight is 324 g/mol. The first-order valence-corrected chi connectivity index (χ1v) is 7.58. The van der Waals surface area contributed by atoms with Crippen molar-refractivity contribution in [1.29, 1.82) is 0 Å². The fourth-order valence-electron chi connectivity index (χ4n) is 1.86. The van der Waals surface area contributed by atoms with Gasteiger partial charge in [-0.3, -0.25) is 9.59 Å². The van der Waals surface area contributed by atoms with E-state index in [2.05, 4.69) is 0 Å². The van der Waals surface area contributed by atoms with Gasteiger partial charge < -0.3 is 10.0 Å². The molecule has 0 aliphatic carbocycles. The molecule has 0 fully saturated rings. The molecule has 0 radical (unpaired) electrons. The zero-order chi connectivity index (χ0) is 15.4. The fourth-order valence-corrected chi connectivity index (χ4v) is 3.08. The third-order valence-corrected chi connectivity index (χ3v) is 4.64. The van der Waals surface area contributed by atoms with Crippen LogP contribution in [0.1, 0.15) is 21.7 Å². The van der Waals surface area contributed by atoms with Crippen LogP contribution in [0.4, 0.5) is 5.69 Å². The van der Waals surface area contributed by atoms with Crippen molar-refractivity contribution >= 4 is 40.5 Å². The number of rotatable bonds is 5. The van der Waals surface area contributed by atoms with Gasteiger partial charge in [-0.1, -0.05) is 29.8 Å². The number of thiophene rings is 1. The Kier molecular flexibility index (Phi) is 4.98. The Morgan fingerprint density at radius 2 is 1.95 bits per heavy atom. The third-order valence-electron chi connectivity index (χ3n) is 2.96. The molecule has 0 saturated heterocycles. The van der Waals surface area contributed by atoms with Crippen molar-refractivity contribution in [3.05, 3.63) is 51.2 Å². The molecule has 4 nitrogen and oxygen atoms in total. The molecular formula is C15H14ClNO3S. The monoisotopic (exact) mass is 323 g/mol. The molecule has 0 atom stereocenters. The van der Waals surface area contributed by atoms with E-state index in [1.54, 1.807) is 24.3 Å². The highest BCUT2D eigenvalue weighted by atomic mass is 35.5. The van der Waals surface area contributed by atoms with Crippen LogP contribution in [0, 0.1) is 6.92 Å². The SMILES string of the molecule is Cc1csc(C(=O)N(CCC(=O)O)c2ccccc2)c1Cl. The van der Waals surface area contributed by atoms with E-state index in [9.17, 15) is 9.59 Å². The molecule has 1 aromatic heterocycles. The van der Waals surface area contributed by atoms with E-state index in [-0.39, 0.29) is 18.9 Å². The molecule has 0 spiro atoms. The smallest absolute Gasteiger partial charge is 0.305 e. The first-order valence-electron chi connectivity index (χ1n) is 6.33. The zero-order valence-corrected chi connectivity index (χ0v) is 12.9. The molecule has 1 aromatic carbocycles. The molecule has 1 amide bonds. The lowest BCUT2D eigenvalue weighted by Crippen LogP contribution is -2.32. The van der Waals surface area contributed by atoms with Gasteiger partial charge in [0.15, 0.2) is 0 Å². The van der Waals surface area contributed by atoms with E-state index in [0.29, 0.717) is 15.6 Å². The number of halogens is 1. The number of benzene rings is 1. The first-order chi connectivity index (χ1) is 10.0. The summed E-state index contributed by atoms with van der Waals surface area (Å²) in [5.41, 5.74) is 1.50. The van der Waals surface area contributed by atoms with Crippen molar-refractivity contribution in [1.82, 2.24) is 0 Å². The highest BCUT2D eigenvalue weighted by Gasteiger charge is 2.23. The summed E-state index contributed by atoms with van der Waals surface area (Å²) in [6.07, 6.45) is -0.122. The Bertz CT molecular complexity index is 654. The standard InChI is InChI=1S/C15H14ClNO3S/c1-10-9-21-14(13(10)16)15(20)17(8-7-12(18)19)11-5-3-2-4-6-11/h2-6,9H,7-8H2,1H3,(H,18,19). The van der Waals surface area contributed by atoms with Crippen LogP contribution >= 0.6 is 22.9 Å². The highest BCUT2D eigenvalue weighted by Crippen LogP contribution is 2.30. The molecule has 0 aliphatic heterocycles. The number of aliphatic carboxylic acids is 1. The number of carbonyl (C=O) groups excluding carboxylic acids is 1. The van der Waals surface area contributed by atoms with E-state index in [1.807, 2.05) is 18.4 Å². The Balaban J connectivity index is 2.33. The number of hydrogen-bond donors (Lipinski definition) is 1. The summed E-state index contributed by atoms with van der Waals surface area (Å²) >= 11 is 7.42. The molecule has 0 unspecified atom stereocenters. The van der Waals surface area contributed by atoms with Crippen LogP contribution in [0.2, 0.25) is 5.02 Å². The maximum absolute atomic E-state index is 12.7. The summed E-state index contributed by atoms with van der Waals surface area (Å²) < 4.78 is 0. The molecule has 1 N–H and O–H groups in total. The summed E-state index contributed by atoms with van der Waals surface area (Å²) in [7, 11) is 0. The van der Waals surface area contributed by atoms with E-state index in [4.69, 9.17) is 16.7 Å². The van der Waals surface area contributed by atoms with E-state index < -0.39 is 5.97 Å². The lowest BCUT2D eigenvalue weighted by atomic mass is 10.2. The Morgan fingerprint density at radius 1 is 1.29 bits per heavy atom. The van der Waals surface area contributed by atoms with Crippen LogP contribution in [0.5, 0.6) is 0 Å². The minimum absolute atomic E-state index is 0.103. The number of carboxylic acid groups (broad SMARTS) is 1. The molecule has 2 aromatic rings. The van der Waals surface area contributed by atoms with Gasteiger partial charge >= 0.3 is 5.97 Å². The van der Waals surface area contributed by atoms with E-state index in [1.165, 1.54) is 16.2 Å². The second-order valence-electron chi connectivity index (χ2n) is 4.50. The van der Waals surface area contributed by atoms with E-state index in [0.717, 1.165) is 5.56 Å². The molecule has 21 heavy (non-hydrogen) atoms. The Labute approximate surface area is 131 Å². The molecule has 110 valence electrons. The number of nitrogens with zero attached hydrogens (tertiary/aromatic N) is 1. The minimum atomic E-state index is -0.947. The van der Waals surface area contributed by atoms with Gasteiger partial charge in [0.1, 0.15) is 4.88 Å². The van der Waals surface area contributed by atoms with Crippen LogP contribution in [0.3, 0.4) is 0 Å². The normalized spacial score (nSPS) is 10.4. The number of carbonyl (C=O) groups is 2. The third kappa shape index (κ3) is 3.62. The summed E-state index contributed by atoms with van der Waals surface area (Å²) in [6.45, 7) is 1.94. The Morgan fingerprint density at radius 3 is 2.48 bits per heavy atom. The van der Waals surface area contributed by atoms with Gasteiger partial charge in [-0.25, -0.2) is 0 Å².